The molecule has 9 heteroatoms. The molecule has 1 aromatic carbocycles. The van der Waals surface area contributed by atoms with Crippen LogP contribution in [0.25, 0.3) is 11.4 Å². The number of esters is 1. The Morgan fingerprint density at radius 3 is 2.79 bits per heavy atom. The van der Waals surface area contributed by atoms with E-state index in [1.54, 1.807) is 48.5 Å². The zero-order valence-electron chi connectivity index (χ0n) is 15.0. The van der Waals surface area contributed by atoms with Gasteiger partial charge in [0.1, 0.15) is 12.7 Å². The van der Waals surface area contributed by atoms with E-state index in [-0.39, 0.29) is 5.89 Å². The van der Waals surface area contributed by atoms with Crippen LogP contribution in [0.15, 0.2) is 66.0 Å². The highest BCUT2D eigenvalue weighted by molar-refractivity contribution is 5.89. The Balaban J connectivity index is 1.40. The molecule has 0 spiro atoms. The van der Waals surface area contributed by atoms with E-state index in [9.17, 15) is 4.79 Å². The number of hydrogen-bond acceptors (Lipinski definition) is 8. The molecule has 1 unspecified atom stereocenters. The minimum atomic E-state index is -0.680. The van der Waals surface area contributed by atoms with E-state index in [2.05, 4.69) is 25.2 Å². The van der Waals surface area contributed by atoms with Crippen LogP contribution in [0.3, 0.4) is 0 Å². The smallest absolute Gasteiger partial charge is 0.338 e. The Kier molecular flexibility index (Phi) is 4.87. The summed E-state index contributed by atoms with van der Waals surface area (Å²) in [4.78, 5) is 24.6. The molecule has 28 heavy (non-hydrogen) atoms. The quantitative estimate of drug-likeness (QED) is 0.473. The number of rotatable bonds is 6. The first-order valence-electron chi connectivity index (χ1n) is 8.55. The Morgan fingerprint density at radius 1 is 1.21 bits per heavy atom. The highest BCUT2D eigenvalue weighted by atomic mass is 16.6. The fourth-order valence-corrected chi connectivity index (χ4v) is 2.54. The first-order valence-corrected chi connectivity index (χ1v) is 8.55. The summed E-state index contributed by atoms with van der Waals surface area (Å²) in [5.74, 6) is 0.138. The highest BCUT2D eigenvalue weighted by Gasteiger charge is 2.20. The highest BCUT2D eigenvalue weighted by Crippen LogP contribution is 2.21. The van der Waals surface area contributed by atoms with Crippen molar-refractivity contribution in [3.8, 4) is 11.4 Å². The van der Waals surface area contributed by atoms with Crippen LogP contribution in [0.2, 0.25) is 0 Å². The van der Waals surface area contributed by atoms with Gasteiger partial charge in [0, 0.05) is 18.0 Å². The first kappa shape index (κ1) is 17.5. The normalized spacial score (nSPS) is 11.9. The molecule has 9 nitrogen and oxygen atoms in total. The maximum atomic E-state index is 12.4. The van der Waals surface area contributed by atoms with Gasteiger partial charge in [0.2, 0.25) is 5.82 Å². The Morgan fingerprint density at radius 2 is 2.07 bits per heavy atom. The van der Waals surface area contributed by atoms with Crippen LogP contribution in [0.4, 0.5) is 0 Å². The molecule has 0 aliphatic carbocycles. The van der Waals surface area contributed by atoms with Crippen molar-refractivity contribution >= 4 is 5.97 Å². The van der Waals surface area contributed by atoms with E-state index in [0.717, 1.165) is 11.1 Å². The fourth-order valence-electron chi connectivity index (χ4n) is 2.54. The second kappa shape index (κ2) is 7.78. The predicted molar refractivity (Wildman–Crippen MR) is 96.9 cm³/mol. The fraction of sp³-hybridized carbons (Fsp3) is 0.158. The van der Waals surface area contributed by atoms with E-state index in [1.165, 1.54) is 6.33 Å². The van der Waals surface area contributed by atoms with Crippen molar-refractivity contribution in [2.75, 3.05) is 0 Å². The molecule has 0 aliphatic rings. The zero-order valence-corrected chi connectivity index (χ0v) is 15.0. The molecular weight excluding hydrogens is 360 g/mol. The zero-order chi connectivity index (χ0) is 19.3. The molecule has 0 bridgehead atoms. The third-order valence-electron chi connectivity index (χ3n) is 3.99. The number of ether oxygens (including phenoxy) is 1. The Hall–Kier alpha value is -3.88. The van der Waals surface area contributed by atoms with E-state index in [1.807, 2.05) is 18.2 Å². The second-order valence-electron chi connectivity index (χ2n) is 6.04. The topological polar surface area (TPSA) is 109 Å². The first-order chi connectivity index (χ1) is 13.7. The molecule has 0 radical (unpaired) electrons. The van der Waals surface area contributed by atoms with Crippen LogP contribution < -0.4 is 0 Å². The second-order valence-corrected chi connectivity index (χ2v) is 6.04. The van der Waals surface area contributed by atoms with Gasteiger partial charge in [-0.05, 0) is 36.8 Å². The summed E-state index contributed by atoms with van der Waals surface area (Å²) in [5, 5.41) is 7.96. The summed E-state index contributed by atoms with van der Waals surface area (Å²) in [6.45, 7) is 2.25. The average molecular weight is 376 g/mol. The summed E-state index contributed by atoms with van der Waals surface area (Å²) in [7, 11) is 0. The maximum absolute atomic E-state index is 12.4. The number of hydrogen-bond donors (Lipinski definition) is 0. The van der Waals surface area contributed by atoms with Crippen molar-refractivity contribution in [3.63, 3.8) is 0 Å². The molecule has 1 atom stereocenters. The van der Waals surface area contributed by atoms with Crippen molar-refractivity contribution in [1.82, 2.24) is 29.9 Å². The van der Waals surface area contributed by atoms with Gasteiger partial charge in [-0.15, -0.1) is 0 Å². The number of benzene rings is 1. The van der Waals surface area contributed by atoms with Crippen molar-refractivity contribution in [2.24, 2.45) is 0 Å². The number of carbonyl (C=O) groups is 1. The summed E-state index contributed by atoms with van der Waals surface area (Å²) in [5.41, 5.74) is 2.15. The molecule has 0 saturated heterocycles. The van der Waals surface area contributed by atoms with E-state index in [0.29, 0.717) is 17.9 Å². The van der Waals surface area contributed by atoms with E-state index >= 15 is 0 Å². The van der Waals surface area contributed by atoms with Gasteiger partial charge in [0.05, 0.1) is 12.1 Å². The van der Waals surface area contributed by atoms with Crippen molar-refractivity contribution < 1.29 is 14.1 Å². The van der Waals surface area contributed by atoms with Crippen LogP contribution in [0.5, 0.6) is 0 Å². The molecule has 4 rings (SSSR count). The molecule has 0 saturated carbocycles. The van der Waals surface area contributed by atoms with Crippen LogP contribution in [-0.4, -0.2) is 35.9 Å². The molecule has 140 valence electrons. The summed E-state index contributed by atoms with van der Waals surface area (Å²) in [6, 6.07) is 10.7. The Bertz CT molecular complexity index is 1040. The molecular formula is C19H16N6O3. The van der Waals surface area contributed by atoms with Gasteiger partial charge >= 0.3 is 5.97 Å². The Labute approximate surface area is 160 Å². The van der Waals surface area contributed by atoms with Crippen molar-refractivity contribution in [3.05, 3.63) is 78.5 Å². The lowest BCUT2D eigenvalue weighted by molar-refractivity contribution is 0.0265. The van der Waals surface area contributed by atoms with Gasteiger partial charge < -0.3 is 9.26 Å². The molecule has 0 aliphatic heterocycles. The maximum Gasteiger partial charge on any atom is 0.338 e. The van der Waals surface area contributed by atoms with E-state index < -0.39 is 12.1 Å². The van der Waals surface area contributed by atoms with Crippen LogP contribution in [-0.2, 0) is 11.3 Å². The van der Waals surface area contributed by atoms with Crippen LogP contribution in [0, 0.1) is 0 Å². The van der Waals surface area contributed by atoms with Gasteiger partial charge in [-0.2, -0.15) is 10.1 Å². The monoisotopic (exact) mass is 376 g/mol. The SMILES string of the molecule is CC(OC(=O)c1ccc(Cn2cncn2)cc1)c1nc(-c2cccnc2)no1. The third kappa shape index (κ3) is 3.93. The van der Waals surface area contributed by atoms with Gasteiger partial charge in [0.25, 0.3) is 5.89 Å². The van der Waals surface area contributed by atoms with E-state index in [4.69, 9.17) is 9.26 Å². The summed E-state index contributed by atoms with van der Waals surface area (Å²) >= 11 is 0. The number of aromatic nitrogens is 6. The molecule has 4 aromatic rings. The van der Waals surface area contributed by atoms with Gasteiger partial charge in [-0.3, -0.25) is 4.98 Å². The number of carbonyl (C=O) groups excluding carboxylic acids is 1. The average Bonchev–Trinajstić information content (AvgIpc) is 3.41. The standard InChI is InChI=1S/C19H16N6O3/c1-13(18-23-17(24-28-18)16-3-2-8-20-9-16)27-19(26)15-6-4-14(5-7-15)10-25-12-21-11-22-25/h2-9,11-13H,10H2,1H3. The van der Waals surface area contributed by atoms with Gasteiger partial charge in [-0.1, -0.05) is 17.3 Å². The van der Waals surface area contributed by atoms with Gasteiger partial charge in [0.15, 0.2) is 6.10 Å². The van der Waals surface area contributed by atoms with Crippen molar-refractivity contribution in [1.29, 1.82) is 0 Å². The summed E-state index contributed by atoms with van der Waals surface area (Å²) < 4.78 is 12.4. The lowest BCUT2D eigenvalue weighted by Gasteiger charge is -2.09. The summed E-state index contributed by atoms with van der Waals surface area (Å²) in [6.07, 6.45) is 5.72. The number of nitrogens with zero attached hydrogens (tertiary/aromatic N) is 6. The minimum Gasteiger partial charge on any atom is -0.449 e. The van der Waals surface area contributed by atoms with Crippen LogP contribution >= 0.6 is 0 Å². The lowest BCUT2D eigenvalue weighted by atomic mass is 10.1. The van der Waals surface area contributed by atoms with Crippen molar-refractivity contribution in [2.45, 2.75) is 19.6 Å². The van der Waals surface area contributed by atoms with Gasteiger partial charge in [-0.25, -0.2) is 14.5 Å². The molecule has 0 amide bonds. The molecule has 0 N–H and O–H groups in total. The largest absolute Gasteiger partial charge is 0.449 e. The number of pyridine rings is 1. The third-order valence-corrected chi connectivity index (χ3v) is 3.99. The van der Waals surface area contributed by atoms with Crippen LogP contribution in [0.1, 0.15) is 34.8 Å². The molecule has 3 heterocycles. The lowest BCUT2D eigenvalue weighted by Crippen LogP contribution is -2.10. The predicted octanol–water partition coefficient (Wildman–Crippen LogP) is 2.69. The minimum absolute atomic E-state index is 0.218. The molecule has 0 fully saturated rings. The molecule has 3 aromatic heterocycles.